The molecule has 1 unspecified atom stereocenters. The monoisotopic (exact) mass is 404 g/mol. The van der Waals surface area contributed by atoms with Crippen molar-refractivity contribution < 1.29 is 13.7 Å². The van der Waals surface area contributed by atoms with Gasteiger partial charge in [0, 0.05) is 18.7 Å². The van der Waals surface area contributed by atoms with Crippen LogP contribution in [0.4, 0.5) is 4.39 Å². The Hall–Kier alpha value is -2.51. The first-order chi connectivity index (χ1) is 13.1. The van der Waals surface area contributed by atoms with E-state index in [2.05, 4.69) is 15.5 Å². The maximum absolute atomic E-state index is 13.3. The molecule has 0 aliphatic carbocycles. The summed E-state index contributed by atoms with van der Waals surface area (Å²) in [5.41, 5.74) is 2.77. The van der Waals surface area contributed by atoms with Gasteiger partial charge in [-0.05, 0) is 63.2 Å². The number of likely N-dealkylation sites (tertiary alicyclic amines) is 1. The fourth-order valence-electron chi connectivity index (χ4n) is 3.67. The Kier molecular flexibility index (Phi) is 5.96. The van der Waals surface area contributed by atoms with E-state index in [9.17, 15) is 9.18 Å². The molecule has 0 spiro atoms. The van der Waals surface area contributed by atoms with E-state index in [1.54, 1.807) is 25.1 Å². The lowest BCUT2D eigenvalue weighted by Crippen LogP contribution is -2.30. The SMILES string of the molecule is CNCC1CCN(C(=O)c2cc(-c3ccc(F)cc3)nc3onc(C)c23)C1.Cl. The van der Waals surface area contributed by atoms with Gasteiger partial charge < -0.3 is 14.7 Å². The molecular formula is C20H22ClFN4O2. The molecule has 1 atom stereocenters. The number of fused-ring (bicyclic) bond motifs is 1. The number of halogens is 2. The van der Waals surface area contributed by atoms with Crippen LogP contribution in [0, 0.1) is 18.7 Å². The standard InChI is InChI=1S/C20H21FN4O2.ClH/c1-12-18-16(20(26)25-8-7-13(11-25)10-22-2)9-17(23-19(18)27-24-12)14-3-5-15(21)6-4-14;/h3-6,9,13,22H,7-8,10-11H2,1-2H3;1H. The molecule has 1 amide bonds. The average molecular weight is 405 g/mol. The van der Waals surface area contributed by atoms with Crippen LogP contribution in [0.15, 0.2) is 34.9 Å². The van der Waals surface area contributed by atoms with E-state index < -0.39 is 0 Å². The Morgan fingerprint density at radius 3 is 2.82 bits per heavy atom. The molecule has 1 aliphatic heterocycles. The highest BCUT2D eigenvalue weighted by molar-refractivity contribution is 6.07. The number of amides is 1. The van der Waals surface area contributed by atoms with Gasteiger partial charge in [0.1, 0.15) is 5.82 Å². The topological polar surface area (TPSA) is 71.3 Å². The van der Waals surface area contributed by atoms with Crippen molar-refractivity contribution in [2.75, 3.05) is 26.7 Å². The van der Waals surface area contributed by atoms with Crippen molar-refractivity contribution in [3.05, 3.63) is 47.4 Å². The number of hydrogen-bond acceptors (Lipinski definition) is 5. The highest BCUT2D eigenvalue weighted by Crippen LogP contribution is 2.29. The number of nitrogens with zero attached hydrogens (tertiary/aromatic N) is 3. The second-order valence-corrected chi connectivity index (χ2v) is 6.97. The average Bonchev–Trinajstić information content (AvgIpc) is 3.28. The zero-order valence-corrected chi connectivity index (χ0v) is 16.6. The predicted molar refractivity (Wildman–Crippen MR) is 107 cm³/mol. The summed E-state index contributed by atoms with van der Waals surface area (Å²) in [5.74, 6) is 0.0892. The lowest BCUT2D eigenvalue weighted by Gasteiger charge is -2.17. The van der Waals surface area contributed by atoms with Gasteiger partial charge in [-0.25, -0.2) is 9.37 Å². The molecule has 1 N–H and O–H groups in total. The van der Waals surface area contributed by atoms with Crippen LogP contribution < -0.4 is 5.32 Å². The van der Waals surface area contributed by atoms with Crippen molar-refractivity contribution in [3.8, 4) is 11.3 Å². The minimum absolute atomic E-state index is 0. The maximum Gasteiger partial charge on any atom is 0.259 e. The fourth-order valence-corrected chi connectivity index (χ4v) is 3.67. The highest BCUT2D eigenvalue weighted by atomic mass is 35.5. The van der Waals surface area contributed by atoms with Crippen molar-refractivity contribution in [2.45, 2.75) is 13.3 Å². The van der Waals surface area contributed by atoms with E-state index in [1.807, 2.05) is 11.9 Å². The zero-order valence-electron chi connectivity index (χ0n) is 15.7. The normalized spacial score (nSPS) is 16.4. The van der Waals surface area contributed by atoms with Crippen molar-refractivity contribution >= 4 is 29.4 Å². The van der Waals surface area contributed by atoms with E-state index in [0.29, 0.717) is 34.0 Å². The summed E-state index contributed by atoms with van der Waals surface area (Å²) in [4.78, 5) is 19.6. The number of carbonyl (C=O) groups is 1. The molecule has 1 aliphatic rings. The molecule has 1 fully saturated rings. The number of pyridine rings is 1. The zero-order chi connectivity index (χ0) is 19.0. The van der Waals surface area contributed by atoms with Gasteiger partial charge in [-0.3, -0.25) is 4.79 Å². The van der Waals surface area contributed by atoms with Crippen molar-refractivity contribution in [1.82, 2.24) is 20.4 Å². The molecule has 3 heterocycles. The lowest BCUT2D eigenvalue weighted by molar-refractivity contribution is 0.0789. The van der Waals surface area contributed by atoms with E-state index in [0.717, 1.165) is 31.6 Å². The van der Waals surface area contributed by atoms with Crippen LogP contribution in [-0.2, 0) is 0 Å². The first kappa shape index (κ1) is 20.2. The largest absolute Gasteiger partial charge is 0.338 e. The first-order valence-corrected chi connectivity index (χ1v) is 9.03. The molecule has 0 radical (unpaired) electrons. The second kappa shape index (κ2) is 8.24. The Balaban J connectivity index is 0.00000225. The van der Waals surface area contributed by atoms with Crippen molar-refractivity contribution in [2.24, 2.45) is 5.92 Å². The third-order valence-corrected chi connectivity index (χ3v) is 5.05. The summed E-state index contributed by atoms with van der Waals surface area (Å²) in [6.07, 6.45) is 0.980. The molecule has 0 bridgehead atoms. The van der Waals surface area contributed by atoms with Crippen molar-refractivity contribution in [1.29, 1.82) is 0 Å². The predicted octanol–water partition coefficient (Wildman–Crippen LogP) is 3.44. The molecule has 1 aromatic carbocycles. The van der Waals surface area contributed by atoms with Crippen LogP contribution in [0.3, 0.4) is 0 Å². The van der Waals surface area contributed by atoms with Gasteiger partial charge in [0.05, 0.1) is 22.3 Å². The van der Waals surface area contributed by atoms with Gasteiger partial charge in [0.25, 0.3) is 11.6 Å². The molecule has 148 valence electrons. The molecule has 0 saturated carbocycles. The summed E-state index contributed by atoms with van der Waals surface area (Å²) in [7, 11) is 1.92. The van der Waals surface area contributed by atoms with E-state index in [-0.39, 0.29) is 24.1 Å². The number of nitrogens with one attached hydrogen (secondary N) is 1. The molecule has 1 saturated heterocycles. The quantitative estimate of drug-likeness (QED) is 0.721. The number of carbonyl (C=O) groups excluding carboxylic acids is 1. The Labute approximate surface area is 168 Å². The van der Waals surface area contributed by atoms with Crippen LogP contribution in [0.2, 0.25) is 0 Å². The van der Waals surface area contributed by atoms with Gasteiger partial charge in [0.2, 0.25) is 0 Å². The van der Waals surface area contributed by atoms with Gasteiger partial charge in [0.15, 0.2) is 0 Å². The van der Waals surface area contributed by atoms with Crippen LogP contribution in [0.5, 0.6) is 0 Å². The summed E-state index contributed by atoms with van der Waals surface area (Å²) in [6.45, 7) is 4.14. The van der Waals surface area contributed by atoms with Gasteiger partial charge in [-0.2, -0.15) is 0 Å². The molecular weight excluding hydrogens is 383 g/mol. The third kappa shape index (κ3) is 3.72. The minimum Gasteiger partial charge on any atom is -0.338 e. The van der Waals surface area contributed by atoms with Gasteiger partial charge in [-0.1, -0.05) is 5.16 Å². The Morgan fingerprint density at radius 1 is 1.36 bits per heavy atom. The first-order valence-electron chi connectivity index (χ1n) is 9.03. The fraction of sp³-hybridized carbons (Fsp3) is 0.350. The summed E-state index contributed by atoms with van der Waals surface area (Å²) in [5, 5.41) is 7.80. The third-order valence-electron chi connectivity index (χ3n) is 5.05. The molecule has 4 rings (SSSR count). The molecule has 8 heteroatoms. The molecule has 28 heavy (non-hydrogen) atoms. The maximum atomic E-state index is 13.3. The second-order valence-electron chi connectivity index (χ2n) is 6.97. The van der Waals surface area contributed by atoms with E-state index in [4.69, 9.17) is 4.52 Å². The lowest BCUT2D eigenvalue weighted by atomic mass is 10.0. The van der Waals surface area contributed by atoms with Gasteiger partial charge in [-0.15, -0.1) is 12.4 Å². The molecule has 2 aromatic heterocycles. The summed E-state index contributed by atoms with van der Waals surface area (Å²) in [6, 6.07) is 7.78. The number of aryl methyl sites for hydroxylation is 1. The van der Waals surface area contributed by atoms with Crippen LogP contribution in [0.1, 0.15) is 22.5 Å². The summed E-state index contributed by atoms with van der Waals surface area (Å²) >= 11 is 0. The highest BCUT2D eigenvalue weighted by Gasteiger charge is 2.29. The van der Waals surface area contributed by atoms with E-state index >= 15 is 0 Å². The Bertz CT molecular complexity index is 990. The van der Waals surface area contributed by atoms with E-state index in [1.165, 1.54) is 12.1 Å². The van der Waals surface area contributed by atoms with Crippen LogP contribution in [-0.4, -0.2) is 47.6 Å². The molecule has 3 aromatic rings. The Morgan fingerprint density at radius 2 is 2.11 bits per heavy atom. The minimum atomic E-state index is -0.320. The van der Waals surface area contributed by atoms with Crippen LogP contribution in [0.25, 0.3) is 22.4 Å². The van der Waals surface area contributed by atoms with Crippen LogP contribution >= 0.6 is 12.4 Å². The number of rotatable bonds is 4. The summed E-state index contributed by atoms with van der Waals surface area (Å²) < 4.78 is 18.6. The number of benzene rings is 1. The number of hydrogen-bond donors (Lipinski definition) is 1. The number of aromatic nitrogens is 2. The van der Waals surface area contributed by atoms with Gasteiger partial charge >= 0.3 is 0 Å². The smallest absolute Gasteiger partial charge is 0.259 e. The van der Waals surface area contributed by atoms with Crippen molar-refractivity contribution in [3.63, 3.8) is 0 Å². The molecule has 6 nitrogen and oxygen atoms in total.